The molecular weight excluding hydrogens is 218 g/mol. The topological polar surface area (TPSA) is 72.5 Å². The first-order valence-electron chi connectivity index (χ1n) is 5.69. The molecule has 0 radical (unpaired) electrons. The van der Waals surface area contributed by atoms with Crippen molar-refractivity contribution in [2.24, 2.45) is 5.92 Å². The number of nitrogen functional groups attached to an aromatic ring is 1. The number of rotatable bonds is 4. The molecule has 0 heterocycles. The highest BCUT2D eigenvalue weighted by Crippen LogP contribution is 2.20. The summed E-state index contributed by atoms with van der Waals surface area (Å²) in [5.74, 6) is -0.0338. The lowest BCUT2D eigenvalue weighted by Crippen LogP contribution is -2.17. The molecule has 1 aromatic carbocycles. The number of hydrogen-bond donors (Lipinski definition) is 2. The quantitative estimate of drug-likeness (QED) is 0.479. The molecule has 0 aliphatic heterocycles. The second-order valence-electron chi connectivity index (χ2n) is 4.62. The lowest BCUT2D eigenvalue weighted by Gasteiger charge is -2.15. The molecule has 1 unspecified atom stereocenters. The molecule has 17 heavy (non-hydrogen) atoms. The summed E-state index contributed by atoms with van der Waals surface area (Å²) in [4.78, 5) is 11.8. The Hall–Kier alpha value is -1.71. The highest BCUT2D eigenvalue weighted by Gasteiger charge is 2.16. The van der Waals surface area contributed by atoms with Gasteiger partial charge in [-0.1, -0.05) is 13.8 Å². The molecule has 4 heteroatoms. The minimum Gasteiger partial charge on any atom is -0.508 e. The molecule has 3 N–H and O–H groups in total. The Kier molecular flexibility index (Phi) is 4.37. The maximum atomic E-state index is 11.8. The second kappa shape index (κ2) is 5.57. The molecule has 1 atom stereocenters. The number of phenolic OH excluding ortho intramolecular Hbond substituents is 1. The smallest absolute Gasteiger partial charge is 0.340 e. The van der Waals surface area contributed by atoms with Gasteiger partial charge in [-0.15, -0.1) is 0 Å². The average molecular weight is 237 g/mol. The van der Waals surface area contributed by atoms with Gasteiger partial charge in [-0.05, 0) is 37.5 Å². The number of ether oxygens (including phenoxy) is 1. The lowest BCUT2D eigenvalue weighted by atomic mass is 10.1. The van der Waals surface area contributed by atoms with Crippen LogP contribution in [-0.4, -0.2) is 17.2 Å². The van der Waals surface area contributed by atoms with Crippen LogP contribution in [0, 0.1) is 5.92 Å². The average Bonchev–Trinajstić information content (AvgIpc) is 2.20. The van der Waals surface area contributed by atoms with Gasteiger partial charge in [0.05, 0.1) is 11.7 Å². The molecule has 1 aromatic rings. The third-order valence-electron chi connectivity index (χ3n) is 2.37. The van der Waals surface area contributed by atoms with E-state index in [1.54, 1.807) is 0 Å². The number of anilines is 1. The first-order chi connectivity index (χ1) is 7.90. The van der Waals surface area contributed by atoms with Crippen LogP contribution in [0.1, 0.15) is 37.6 Å². The first kappa shape index (κ1) is 13.4. The van der Waals surface area contributed by atoms with Crippen LogP contribution in [0.15, 0.2) is 18.2 Å². The third-order valence-corrected chi connectivity index (χ3v) is 2.37. The summed E-state index contributed by atoms with van der Waals surface area (Å²) in [6.45, 7) is 5.97. The molecule has 0 bridgehead atoms. The fraction of sp³-hybridized carbons (Fsp3) is 0.462. The van der Waals surface area contributed by atoms with Crippen molar-refractivity contribution in [1.29, 1.82) is 0 Å². The van der Waals surface area contributed by atoms with Crippen molar-refractivity contribution < 1.29 is 14.6 Å². The van der Waals surface area contributed by atoms with Crippen molar-refractivity contribution in [2.75, 3.05) is 5.73 Å². The Bertz CT molecular complexity index is 402. The number of esters is 1. The Labute approximate surface area is 101 Å². The lowest BCUT2D eigenvalue weighted by molar-refractivity contribution is 0.0300. The van der Waals surface area contributed by atoms with E-state index >= 15 is 0 Å². The SMILES string of the molecule is CC(C)CC(C)OC(=O)c1cc(O)ccc1N. The van der Waals surface area contributed by atoms with Crippen LogP contribution < -0.4 is 5.73 Å². The van der Waals surface area contributed by atoms with Crippen molar-refractivity contribution in [3.05, 3.63) is 23.8 Å². The van der Waals surface area contributed by atoms with Gasteiger partial charge in [0.25, 0.3) is 0 Å². The molecule has 0 fully saturated rings. The molecule has 94 valence electrons. The third kappa shape index (κ3) is 3.98. The highest BCUT2D eigenvalue weighted by atomic mass is 16.5. The van der Waals surface area contributed by atoms with Gasteiger partial charge in [-0.25, -0.2) is 4.79 Å². The number of benzene rings is 1. The summed E-state index contributed by atoms with van der Waals surface area (Å²) >= 11 is 0. The van der Waals surface area contributed by atoms with Crippen molar-refractivity contribution in [3.63, 3.8) is 0 Å². The maximum Gasteiger partial charge on any atom is 0.340 e. The molecular formula is C13H19NO3. The minimum absolute atomic E-state index is 0.00247. The van der Waals surface area contributed by atoms with E-state index in [2.05, 4.69) is 13.8 Å². The first-order valence-corrected chi connectivity index (χ1v) is 5.69. The van der Waals surface area contributed by atoms with Gasteiger partial charge >= 0.3 is 5.97 Å². The molecule has 1 rings (SSSR count). The van der Waals surface area contributed by atoms with Crippen LogP contribution in [0.5, 0.6) is 5.75 Å². The molecule has 4 nitrogen and oxygen atoms in total. The zero-order valence-electron chi connectivity index (χ0n) is 10.4. The summed E-state index contributed by atoms with van der Waals surface area (Å²) in [5, 5.41) is 9.30. The van der Waals surface area contributed by atoms with E-state index in [9.17, 15) is 9.90 Å². The van der Waals surface area contributed by atoms with Crippen molar-refractivity contribution in [2.45, 2.75) is 33.3 Å². The monoisotopic (exact) mass is 237 g/mol. The molecule has 0 saturated heterocycles. The largest absolute Gasteiger partial charge is 0.508 e. The second-order valence-corrected chi connectivity index (χ2v) is 4.62. The predicted octanol–water partition coefficient (Wildman–Crippen LogP) is 2.57. The van der Waals surface area contributed by atoms with Crippen LogP contribution >= 0.6 is 0 Å². The van der Waals surface area contributed by atoms with Gasteiger partial charge in [0.15, 0.2) is 0 Å². The van der Waals surface area contributed by atoms with Gasteiger partial charge < -0.3 is 15.6 Å². The van der Waals surface area contributed by atoms with Gasteiger partial charge in [-0.3, -0.25) is 0 Å². The van der Waals surface area contributed by atoms with Crippen molar-refractivity contribution >= 4 is 11.7 Å². The van der Waals surface area contributed by atoms with E-state index < -0.39 is 5.97 Å². The number of aromatic hydroxyl groups is 1. The fourth-order valence-electron chi connectivity index (χ4n) is 1.68. The summed E-state index contributed by atoms with van der Waals surface area (Å²) in [5.41, 5.74) is 6.17. The summed E-state index contributed by atoms with van der Waals surface area (Å²) < 4.78 is 5.25. The molecule has 0 amide bonds. The van der Waals surface area contributed by atoms with Crippen molar-refractivity contribution in [1.82, 2.24) is 0 Å². The normalized spacial score (nSPS) is 12.5. The van der Waals surface area contributed by atoms with E-state index in [4.69, 9.17) is 10.5 Å². The number of phenols is 1. The summed E-state index contributed by atoms with van der Waals surface area (Å²) in [6, 6.07) is 4.24. The van der Waals surface area contributed by atoms with Crippen LogP contribution in [0.2, 0.25) is 0 Å². The van der Waals surface area contributed by atoms with Gasteiger partial charge in [0, 0.05) is 5.69 Å². The van der Waals surface area contributed by atoms with E-state index in [0.717, 1.165) is 6.42 Å². The Balaban J connectivity index is 2.73. The van der Waals surface area contributed by atoms with E-state index in [0.29, 0.717) is 11.6 Å². The van der Waals surface area contributed by atoms with E-state index in [-0.39, 0.29) is 17.4 Å². The molecule has 0 aliphatic carbocycles. The molecule has 0 saturated carbocycles. The summed E-state index contributed by atoms with van der Waals surface area (Å²) in [7, 11) is 0. The molecule has 0 aromatic heterocycles. The standard InChI is InChI=1S/C13H19NO3/c1-8(2)6-9(3)17-13(16)11-7-10(15)4-5-12(11)14/h4-5,7-9,15H,6,14H2,1-3H3. The van der Waals surface area contributed by atoms with Gasteiger partial charge in [0.1, 0.15) is 5.75 Å². The zero-order valence-corrected chi connectivity index (χ0v) is 10.4. The molecule has 0 aliphatic rings. The van der Waals surface area contributed by atoms with Crippen molar-refractivity contribution in [3.8, 4) is 5.75 Å². The van der Waals surface area contributed by atoms with Crippen LogP contribution in [0.4, 0.5) is 5.69 Å². The zero-order chi connectivity index (χ0) is 13.0. The number of carbonyl (C=O) groups is 1. The number of hydrogen-bond acceptors (Lipinski definition) is 4. The van der Waals surface area contributed by atoms with Crippen LogP contribution in [0.3, 0.4) is 0 Å². The highest BCUT2D eigenvalue weighted by molar-refractivity contribution is 5.95. The van der Waals surface area contributed by atoms with Gasteiger partial charge in [-0.2, -0.15) is 0 Å². The maximum absolute atomic E-state index is 11.8. The Morgan fingerprint density at radius 2 is 2.06 bits per heavy atom. The number of carbonyl (C=O) groups excluding carboxylic acids is 1. The van der Waals surface area contributed by atoms with Gasteiger partial charge in [0.2, 0.25) is 0 Å². The van der Waals surface area contributed by atoms with Crippen LogP contribution in [-0.2, 0) is 4.74 Å². The number of nitrogens with two attached hydrogens (primary N) is 1. The Morgan fingerprint density at radius 1 is 1.41 bits per heavy atom. The van der Waals surface area contributed by atoms with Crippen LogP contribution in [0.25, 0.3) is 0 Å². The van der Waals surface area contributed by atoms with E-state index in [1.165, 1.54) is 18.2 Å². The Morgan fingerprint density at radius 3 is 2.65 bits per heavy atom. The van der Waals surface area contributed by atoms with E-state index in [1.807, 2.05) is 6.92 Å². The molecule has 0 spiro atoms. The predicted molar refractivity (Wildman–Crippen MR) is 66.9 cm³/mol. The summed E-state index contributed by atoms with van der Waals surface area (Å²) in [6.07, 6.45) is 0.633. The minimum atomic E-state index is -0.494. The fourth-order valence-corrected chi connectivity index (χ4v) is 1.68.